The number of esters is 6. The Labute approximate surface area is 771 Å². The van der Waals surface area contributed by atoms with Crippen LogP contribution in [0.15, 0.2) is 303 Å². The van der Waals surface area contributed by atoms with Gasteiger partial charge in [0.2, 0.25) is 0 Å². The van der Waals surface area contributed by atoms with Gasteiger partial charge in [0.15, 0.2) is 24.3 Å². The fraction of sp³-hybridized carbons (Fsp3) is 0.294. The first-order valence-electron chi connectivity index (χ1n) is 41.2. The van der Waals surface area contributed by atoms with Crippen LogP contribution in [0.5, 0.6) is 0 Å². The van der Waals surface area contributed by atoms with Crippen LogP contribution in [0, 0.1) is 0 Å². The van der Waals surface area contributed by atoms with Crippen LogP contribution in [-0.4, -0.2) is 143 Å². The number of hydrogen-bond acceptors (Lipinski definition) is 24. The molecule has 0 heterocycles. The van der Waals surface area contributed by atoms with Gasteiger partial charge >= 0.3 is 60.2 Å². The molecule has 0 unspecified atom stereocenters. The third-order valence-electron chi connectivity index (χ3n) is 17.0. The van der Waals surface area contributed by atoms with E-state index in [0.717, 1.165) is 27.8 Å². The molecule has 0 aromatic heterocycles. The molecule has 0 radical (unpaired) electrons. The Morgan fingerprint density at radius 2 is 0.557 bits per heavy atom. The molecule has 0 aliphatic rings. The van der Waals surface area contributed by atoms with Crippen molar-refractivity contribution in [2.24, 2.45) is 0 Å². The van der Waals surface area contributed by atoms with E-state index in [4.69, 9.17) is 54.2 Å². The fourth-order valence-electron chi connectivity index (χ4n) is 11.0. The normalized spacial score (nSPS) is 12.2. The molecule has 0 aliphatic carbocycles. The van der Waals surface area contributed by atoms with E-state index in [2.05, 4.69) is 26.0 Å². The Morgan fingerprint density at radius 1 is 0.313 bits per heavy atom. The topological polar surface area (TPSA) is 392 Å². The smallest absolute Gasteiger partial charge is 0.408 e. The van der Waals surface area contributed by atoms with E-state index in [1.54, 1.807) is 207 Å². The predicted molar refractivity (Wildman–Crippen MR) is 498 cm³/mol. The lowest BCUT2D eigenvalue weighted by Gasteiger charge is -2.24. The third-order valence-corrected chi connectivity index (χ3v) is 17.3. The minimum atomic E-state index is -1.55. The number of aliphatic hydroxyl groups excluding tert-OH is 4. The van der Waals surface area contributed by atoms with E-state index in [1.807, 2.05) is 166 Å². The molecule has 131 heavy (non-hydrogen) atoms. The molecule has 0 fully saturated rings. The van der Waals surface area contributed by atoms with Crippen molar-refractivity contribution in [2.45, 2.75) is 190 Å². The van der Waals surface area contributed by atoms with Gasteiger partial charge in [-0.25, -0.2) is 47.9 Å². The number of ether oxygens (including phenoxy) is 10. The van der Waals surface area contributed by atoms with E-state index in [0.29, 0.717) is 32.8 Å². The Morgan fingerprint density at radius 3 is 0.824 bits per heavy atom. The first-order valence-corrected chi connectivity index (χ1v) is 41.6. The van der Waals surface area contributed by atoms with E-state index in [-0.39, 0.29) is 83.7 Å². The van der Waals surface area contributed by atoms with Gasteiger partial charge in [-0.15, -0.1) is 0 Å². The second-order valence-corrected chi connectivity index (χ2v) is 29.8. The lowest BCUT2D eigenvalue weighted by atomic mass is 10.0. The minimum Gasteiger partial charge on any atom is -0.465 e. The molecule has 0 bridgehead atoms. The number of alkyl carbamates (subject to hydrolysis) is 4. The van der Waals surface area contributed by atoms with Gasteiger partial charge in [0, 0.05) is 11.1 Å². The number of halogens is 1. The zero-order valence-corrected chi connectivity index (χ0v) is 74.4. The number of aliphatic hydroxyl groups is 4. The van der Waals surface area contributed by atoms with Crippen molar-refractivity contribution in [3.63, 3.8) is 0 Å². The van der Waals surface area contributed by atoms with Crippen molar-refractivity contribution in [2.75, 3.05) is 7.11 Å². The van der Waals surface area contributed by atoms with Crippen LogP contribution in [0.1, 0.15) is 169 Å². The molecule has 0 spiro atoms. The quantitative estimate of drug-likeness (QED) is 0.0110. The lowest BCUT2D eigenvalue weighted by Crippen LogP contribution is -2.46. The van der Waals surface area contributed by atoms with Crippen LogP contribution in [0.25, 0.3) is 6.08 Å². The second kappa shape index (κ2) is 62.2. The maximum absolute atomic E-state index is 12.3. The van der Waals surface area contributed by atoms with Gasteiger partial charge in [0.05, 0.1) is 55.3 Å². The minimum absolute atomic E-state index is 0. The number of nitrogens with one attached hydrogen (secondary N) is 4. The van der Waals surface area contributed by atoms with Gasteiger partial charge in [-0.1, -0.05) is 299 Å². The highest BCUT2D eigenvalue weighted by Gasteiger charge is 2.36. The van der Waals surface area contributed by atoms with E-state index < -0.39 is 96.8 Å². The zero-order valence-electron chi connectivity index (χ0n) is 73.6. The standard InChI is InChI=1S/4C20H23NO5.C12H14O2.C8H7ClO2.2CH4/c2*1-14(2)26-19(23)17(18(22)16-11-7-4-8-12-16)21-20(24)25-13-15-9-5-3-6-10-15;2*1-14(2)26-19(23)18(22)17(16-11-7-4-8-12-16)21-20(24)25-13-15-9-5-3-6-10-15;1-10(2)14-12(13)9-8-11-6-4-3-5-7-11;1-11-8(10)6-2-4-7(9)5-3-6;;/h4*3-12,14,17-18,22H,13H2,1-2H3,(H,21,24);3-10H,1-2H3;2-5H,1H3;2*1H4/b;;;;9-8+;;;/t4*17-,18+;;;;/m1010..../s1. The molecular formula is C102H121ClN4O24. The van der Waals surface area contributed by atoms with Crippen LogP contribution < -0.4 is 21.3 Å². The van der Waals surface area contributed by atoms with Gasteiger partial charge in [-0.05, 0) is 150 Å². The van der Waals surface area contributed by atoms with Gasteiger partial charge in [-0.2, -0.15) is 0 Å². The first-order chi connectivity index (χ1) is 61.8. The summed E-state index contributed by atoms with van der Waals surface area (Å²) >= 11 is 5.61. The molecule has 8 atom stereocenters. The number of hydrogen-bond donors (Lipinski definition) is 8. The number of benzene rings is 10. The van der Waals surface area contributed by atoms with E-state index >= 15 is 0 Å². The van der Waals surface area contributed by atoms with Gasteiger partial charge in [0.1, 0.15) is 38.6 Å². The average Bonchev–Trinajstić information content (AvgIpc) is 0.860. The summed E-state index contributed by atoms with van der Waals surface area (Å²) < 4.78 is 50.4. The van der Waals surface area contributed by atoms with Crippen molar-refractivity contribution in [3.05, 3.63) is 364 Å². The summed E-state index contributed by atoms with van der Waals surface area (Å²) in [4.78, 5) is 119. The third kappa shape index (κ3) is 45.0. The largest absolute Gasteiger partial charge is 0.465 e. The van der Waals surface area contributed by atoms with Crippen molar-refractivity contribution >= 4 is 77.9 Å². The molecule has 29 heteroatoms. The molecule has 8 N–H and O–H groups in total. The number of rotatable bonds is 32. The molecule has 10 rings (SSSR count). The van der Waals surface area contributed by atoms with Crippen molar-refractivity contribution in [3.8, 4) is 0 Å². The summed E-state index contributed by atoms with van der Waals surface area (Å²) in [6.45, 7) is 17.4. The summed E-state index contributed by atoms with van der Waals surface area (Å²) in [6, 6.07) is 83.0. The van der Waals surface area contributed by atoms with Crippen molar-refractivity contribution in [1.82, 2.24) is 21.3 Å². The summed E-state index contributed by atoms with van der Waals surface area (Å²) in [5, 5.41) is 52.3. The van der Waals surface area contributed by atoms with Crippen LogP contribution in [0.4, 0.5) is 19.2 Å². The Hall–Kier alpha value is -14.0. The van der Waals surface area contributed by atoms with Gasteiger partial charge in [-0.3, -0.25) is 0 Å². The number of amides is 4. The summed E-state index contributed by atoms with van der Waals surface area (Å²) in [7, 11) is 1.34. The number of carbonyl (C=O) groups is 10. The predicted octanol–water partition coefficient (Wildman–Crippen LogP) is 17.9. The Bertz CT molecular complexity index is 4710. The molecule has 4 amide bonds. The molecular weight excluding hydrogens is 1700 g/mol. The Balaban J connectivity index is 0.000000412. The molecule has 700 valence electrons. The average molecular weight is 1820 g/mol. The first kappa shape index (κ1) is 111. The van der Waals surface area contributed by atoms with Crippen molar-refractivity contribution in [1.29, 1.82) is 0 Å². The maximum atomic E-state index is 12.3. The van der Waals surface area contributed by atoms with Crippen LogP contribution in [0.2, 0.25) is 5.02 Å². The summed E-state index contributed by atoms with van der Waals surface area (Å²) in [5.74, 6) is -3.72. The highest BCUT2D eigenvalue weighted by atomic mass is 35.5. The molecule has 10 aromatic carbocycles. The highest BCUT2D eigenvalue weighted by molar-refractivity contribution is 6.30. The zero-order chi connectivity index (χ0) is 94.4. The highest BCUT2D eigenvalue weighted by Crippen LogP contribution is 2.24. The molecule has 0 aliphatic heterocycles. The summed E-state index contributed by atoms with van der Waals surface area (Å²) in [6.07, 6.45) is -7.11. The molecule has 0 saturated carbocycles. The summed E-state index contributed by atoms with van der Waals surface area (Å²) in [5.41, 5.74) is 6.90. The monoisotopic (exact) mass is 1820 g/mol. The Kier molecular flexibility index (Phi) is 52.8. The molecule has 28 nitrogen and oxygen atoms in total. The molecule has 10 aromatic rings. The lowest BCUT2D eigenvalue weighted by molar-refractivity contribution is -0.159. The van der Waals surface area contributed by atoms with Crippen molar-refractivity contribution < 1.29 is 116 Å². The van der Waals surface area contributed by atoms with Crippen LogP contribution >= 0.6 is 11.6 Å². The maximum Gasteiger partial charge on any atom is 0.408 e. The van der Waals surface area contributed by atoms with Crippen LogP contribution in [-0.2, 0) is 97.8 Å². The van der Waals surface area contributed by atoms with Crippen LogP contribution in [0.3, 0.4) is 0 Å². The fourth-order valence-corrected chi connectivity index (χ4v) is 11.1. The van der Waals surface area contributed by atoms with E-state index in [9.17, 15) is 68.4 Å². The van der Waals surface area contributed by atoms with E-state index in [1.165, 1.54) is 13.2 Å². The number of carbonyl (C=O) groups excluding carboxylic acids is 10. The molecule has 0 saturated heterocycles. The van der Waals surface area contributed by atoms with Gasteiger partial charge < -0.3 is 89.1 Å². The van der Waals surface area contributed by atoms with Gasteiger partial charge in [0.25, 0.3) is 0 Å². The second-order valence-electron chi connectivity index (χ2n) is 29.3. The number of methoxy groups -OCH3 is 1. The SMILES string of the molecule is C.C.CC(C)OC(=O)/C=C/c1ccccc1.CC(C)OC(=O)[C@@H](NC(=O)OCc1ccccc1)[C@H](O)c1ccccc1.CC(C)OC(=O)[C@@H](O)[C@H](NC(=O)OCc1ccccc1)c1ccccc1.CC(C)OC(=O)[C@H](NC(=O)OCc1ccccc1)[C@@H](O)c1ccccc1.CC(C)OC(=O)[C@H](O)[C@@H](NC(=O)OCc1ccccc1)c1ccccc1.COC(=O)c1ccc(Cl)cc1.